The zero-order chi connectivity index (χ0) is 27.2. The standard InChI is InChI=1S/C32H27F2N3O2/c33-26-16-12-23(13-17-26)21-37-30(25-14-18-27(34)19-15-25)11-6-20-36(22-31(37)38)32(39)35-29-10-5-4-9-28(29)24-7-2-1-3-8-24/h1-19,30H,20-22H2,(H,35,39)/b11-6-/t30-/m1/s1. The van der Waals surface area contributed by atoms with Crippen LogP contribution in [0, 0.1) is 11.6 Å². The third-order valence-corrected chi connectivity index (χ3v) is 6.64. The van der Waals surface area contributed by atoms with Crippen molar-refractivity contribution in [2.45, 2.75) is 12.6 Å². The second-order valence-electron chi connectivity index (χ2n) is 9.29. The molecule has 7 heteroatoms. The molecule has 5 nitrogen and oxygen atoms in total. The summed E-state index contributed by atoms with van der Waals surface area (Å²) in [6.45, 7) is 0.244. The largest absolute Gasteiger partial charge is 0.326 e. The number of halogens is 2. The molecule has 1 atom stereocenters. The van der Waals surface area contributed by atoms with Gasteiger partial charge in [0.1, 0.15) is 18.2 Å². The second kappa shape index (κ2) is 11.7. The highest BCUT2D eigenvalue weighted by Crippen LogP contribution is 2.29. The lowest BCUT2D eigenvalue weighted by Gasteiger charge is -2.34. The molecule has 0 spiro atoms. The first-order chi connectivity index (χ1) is 19.0. The Morgan fingerprint density at radius 3 is 2.18 bits per heavy atom. The van der Waals surface area contributed by atoms with Crippen molar-refractivity contribution >= 4 is 17.6 Å². The minimum absolute atomic E-state index is 0.164. The Kier molecular flexibility index (Phi) is 7.78. The van der Waals surface area contributed by atoms with Gasteiger partial charge in [-0.2, -0.15) is 0 Å². The topological polar surface area (TPSA) is 52.7 Å². The van der Waals surface area contributed by atoms with Crippen molar-refractivity contribution in [2.24, 2.45) is 0 Å². The fourth-order valence-electron chi connectivity index (χ4n) is 4.63. The van der Waals surface area contributed by atoms with Gasteiger partial charge in [0.05, 0.1) is 11.7 Å². The molecule has 1 aliphatic rings. The lowest BCUT2D eigenvalue weighted by atomic mass is 10.0. The SMILES string of the molecule is O=C(Nc1ccccc1-c1ccccc1)N1C/C=C\[C@H](c2ccc(F)cc2)N(Cc2ccc(F)cc2)C(=O)C1. The number of urea groups is 1. The predicted octanol–water partition coefficient (Wildman–Crippen LogP) is 6.81. The Labute approximate surface area is 226 Å². The van der Waals surface area contributed by atoms with Gasteiger partial charge in [0.2, 0.25) is 5.91 Å². The van der Waals surface area contributed by atoms with Crippen molar-refractivity contribution in [3.05, 3.63) is 138 Å². The van der Waals surface area contributed by atoms with Crippen LogP contribution in [-0.2, 0) is 11.3 Å². The molecule has 0 fully saturated rings. The van der Waals surface area contributed by atoms with Crippen molar-refractivity contribution in [3.8, 4) is 11.1 Å². The molecule has 1 N–H and O–H groups in total. The molecule has 196 valence electrons. The van der Waals surface area contributed by atoms with Gasteiger partial charge in [-0.05, 0) is 47.0 Å². The number of nitrogens with zero attached hydrogens (tertiary/aromatic N) is 2. The van der Waals surface area contributed by atoms with Crippen LogP contribution in [0.1, 0.15) is 17.2 Å². The summed E-state index contributed by atoms with van der Waals surface area (Å²) in [6, 6.07) is 28.3. The number of amides is 3. The molecular weight excluding hydrogens is 496 g/mol. The molecule has 3 amide bonds. The normalized spacial score (nSPS) is 16.4. The Morgan fingerprint density at radius 1 is 0.821 bits per heavy atom. The van der Waals surface area contributed by atoms with Crippen molar-refractivity contribution in [1.29, 1.82) is 0 Å². The average molecular weight is 524 g/mol. The molecule has 4 aromatic rings. The highest BCUT2D eigenvalue weighted by Gasteiger charge is 2.29. The Balaban J connectivity index is 1.41. The molecule has 0 aliphatic carbocycles. The number of carbonyl (C=O) groups excluding carboxylic acids is 2. The molecule has 0 aromatic heterocycles. The van der Waals surface area contributed by atoms with E-state index in [1.807, 2.05) is 66.7 Å². The van der Waals surface area contributed by atoms with Crippen LogP contribution < -0.4 is 5.32 Å². The van der Waals surface area contributed by atoms with Crippen LogP contribution in [0.3, 0.4) is 0 Å². The predicted molar refractivity (Wildman–Crippen MR) is 148 cm³/mol. The Bertz CT molecular complexity index is 1470. The van der Waals surface area contributed by atoms with E-state index in [0.717, 1.165) is 22.3 Å². The number of hydrogen-bond donors (Lipinski definition) is 1. The van der Waals surface area contributed by atoms with E-state index >= 15 is 0 Å². The van der Waals surface area contributed by atoms with E-state index < -0.39 is 12.1 Å². The summed E-state index contributed by atoms with van der Waals surface area (Å²) in [5.74, 6) is -1.03. The maximum absolute atomic E-state index is 13.7. The molecule has 4 aromatic carbocycles. The fourth-order valence-corrected chi connectivity index (χ4v) is 4.63. The summed E-state index contributed by atoms with van der Waals surface area (Å²) >= 11 is 0. The van der Waals surface area contributed by atoms with Crippen LogP contribution >= 0.6 is 0 Å². The molecule has 0 saturated carbocycles. The molecule has 0 radical (unpaired) electrons. The molecule has 0 saturated heterocycles. The molecule has 39 heavy (non-hydrogen) atoms. The number of carbonyl (C=O) groups is 2. The van der Waals surface area contributed by atoms with Crippen LogP contribution in [0.25, 0.3) is 11.1 Å². The van der Waals surface area contributed by atoms with Crippen LogP contribution in [0.15, 0.2) is 115 Å². The fraction of sp³-hybridized carbons (Fsp3) is 0.125. The van der Waals surface area contributed by atoms with Crippen molar-refractivity contribution in [2.75, 3.05) is 18.4 Å². The molecule has 1 heterocycles. The number of benzene rings is 4. The van der Waals surface area contributed by atoms with Gasteiger partial charge in [-0.25, -0.2) is 13.6 Å². The van der Waals surface area contributed by atoms with E-state index in [9.17, 15) is 18.4 Å². The molecule has 1 aliphatic heterocycles. The Morgan fingerprint density at radius 2 is 1.46 bits per heavy atom. The van der Waals surface area contributed by atoms with E-state index in [1.165, 1.54) is 29.2 Å². The van der Waals surface area contributed by atoms with Gasteiger partial charge in [-0.3, -0.25) is 4.79 Å². The second-order valence-corrected chi connectivity index (χ2v) is 9.29. The molecule has 5 rings (SSSR count). The maximum Gasteiger partial charge on any atom is 0.322 e. The van der Waals surface area contributed by atoms with Gasteiger partial charge in [0.15, 0.2) is 0 Å². The third kappa shape index (κ3) is 6.21. The van der Waals surface area contributed by atoms with E-state index in [-0.39, 0.29) is 37.2 Å². The van der Waals surface area contributed by atoms with Crippen molar-refractivity contribution in [1.82, 2.24) is 9.80 Å². The first-order valence-electron chi connectivity index (χ1n) is 12.6. The summed E-state index contributed by atoms with van der Waals surface area (Å²) in [4.78, 5) is 30.1. The summed E-state index contributed by atoms with van der Waals surface area (Å²) in [6.07, 6.45) is 3.67. The number of anilines is 1. The third-order valence-electron chi connectivity index (χ3n) is 6.64. The Hall–Kier alpha value is -4.78. The number of nitrogens with one attached hydrogen (secondary N) is 1. The molecule has 0 unspecified atom stereocenters. The minimum Gasteiger partial charge on any atom is -0.326 e. The summed E-state index contributed by atoms with van der Waals surface area (Å²) < 4.78 is 27.1. The summed E-state index contributed by atoms with van der Waals surface area (Å²) in [5, 5.41) is 2.97. The first-order valence-corrected chi connectivity index (χ1v) is 12.6. The van der Waals surface area contributed by atoms with Crippen LogP contribution in [0.2, 0.25) is 0 Å². The average Bonchev–Trinajstić information content (AvgIpc) is 2.95. The molecule has 0 bridgehead atoms. The van der Waals surface area contributed by atoms with Crippen LogP contribution in [0.5, 0.6) is 0 Å². The quantitative estimate of drug-likeness (QED) is 0.292. The minimum atomic E-state index is -0.479. The summed E-state index contributed by atoms with van der Waals surface area (Å²) in [7, 11) is 0. The smallest absolute Gasteiger partial charge is 0.322 e. The van der Waals surface area contributed by atoms with Gasteiger partial charge in [0, 0.05) is 18.7 Å². The zero-order valence-corrected chi connectivity index (χ0v) is 21.1. The highest BCUT2D eigenvalue weighted by molar-refractivity contribution is 5.96. The van der Waals surface area contributed by atoms with E-state index in [1.54, 1.807) is 29.2 Å². The van der Waals surface area contributed by atoms with Gasteiger partial charge in [-0.1, -0.05) is 84.9 Å². The summed E-state index contributed by atoms with van der Waals surface area (Å²) in [5.41, 5.74) is 3.94. The maximum atomic E-state index is 13.7. The number of para-hydroxylation sites is 1. The lowest BCUT2D eigenvalue weighted by molar-refractivity contribution is -0.134. The van der Waals surface area contributed by atoms with E-state index in [0.29, 0.717) is 5.69 Å². The zero-order valence-electron chi connectivity index (χ0n) is 21.1. The lowest BCUT2D eigenvalue weighted by Crippen LogP contribution is -2.46. The monoisotopic (exact) mass is 523 g/mol. The van der Waals surface area contributed by atoms with E-state index in [4.69, 9.17) is 0 Å². The first kappa shape index (κ1) is 25.9. The van der Waals surface area contributed by atoms with Crippen LogP contribution in [-0.4, -0.2) is 34.8 Å². The molecular formula is C32H27F2N3O2. The van der Waals surface area contributed by atoms with Gasteiger partial charge < -0.3 is 15.1 Å². The van der Waals surface area contributed by atoms with Crippen LogP contribution in [0.4, 0.5) is 19.3 Å². The van der Waals surface area contributed by atoms with Gasteiger partial charge in [-0.15, -0.1) is 0 Å². The number of hydrogen-bond acceptors (Lipinski definition) is 2. The van der Waals surface area contributed by atoms with Crippen molar-refractivity contribution < 1.29 is 18.4 Å². The van der Waals surface area contributed by atoms with E-state index in [2.05, 4.69) is 5.32 Å². The van der Waals surface area contributed by atoms with Gasteiger partial charge >= 0.3 is 6.03 Å². The highest BCUT2D eigenvalue weighted by atomic mass is 19.1. The van der Waals surface area contributed by atoms with Crippen molar-refractivity contribution in [3.63, 3.8) is 0 Å². The number of rotatable bonds is 5. The van der Waals surface area contributed by atoms with Gasteiger partial charge in [0.25, 0.3) is 0 Å².